The fraction of sp³-hybridized carbons (Fsp3) is 0.625. The largest absolute Gasteiger partial charge is 0.489 e. The van der Waals surface area contributed by atoms with Crippen LogP contribution in [-0.4, -0.2) is 18.7 Å². The molecule has 1 aliphatic rings. The van der Waals surface area contributed by atoms with Gasteiger partial charge in [0.05, 0.1) is 0 Å². The number of nitrogens with one attached hydrogen (secondary N) is 1. The Morgan fingerprint density at radius 2 is 2.06 bits per heavy atom. The van der Waals surface area contributed by atoms with Gasteiger partial charge in [-0.3, -0.25) is 0 Å². The number of hydrogen-bond donors (Lipinski definition) is 1. The molecule has 0 bridgehead atoms. The topological polar surface area (TPSA) is 21.3 Å². The molecule has 1 N–H and O–H groups in total. The summed E-state index contributed by atoms with van der Waals surface area (Å²) in [4.78, 5) is 0. The molecule has 18 heavy (non-hydrogen) atoms. The Balaban J connectivity index is 2.06. The lowest BCUT2D eigenvalue weighted by Gasteiger charge is -2.51. The van der Waals surface area contributed by atoms with Crippen molar-refractivity contribution in [1.29, 1.82) is 0 Å². The number of ether oxygens (including phenoxy) is 1. The van der Waals surface area contributed by atoms with Crippen LogP contribution in [0.15, 0.2) is 18.2 Å². The van der Waals surface area contributed by atoms with Crippen molar-refractivity contribution in [2.45, 2.75) is 53.2 Å². The summed E-state index contributed by atoms with van der Waals surface area (Å²) >= 11 is 0. The Bertz CT molecular complexity index is 425. The monoisotopic (exact) mass is 247 g/mol. The normalized spacial score (nSPS) is 25.6. The Kier molecular flexibility index (Phi) is 3.67. The molecular formula is C16H25NO. The highest BCUT2D eigenvalue weighted by molar-refractivity contribution is 5.38. The average molecular weight is 247 g/mol. The molecule has 0 amide bonds. The summed E-state index contributed by atoms with van der Waals surface area (Å²) in [5.74, 6) is 1.04. The van der Waals surface area contributed by atoms with E-state index in [0.29, 0.717) is 12.1 Å². The van der Waals surface area contributed by atoms with Gasteiger partial charge >= 0.3 is 0 Å². The van der Waals surface area contributed by atoms with Crippen LogP contribution in [0.5, 0.6) is 5.75 Å². The molecule has 0 aliphatic heterocycles. The molecule has 0 heterocycles. The van der Waals surface area contributed by atoms with E-state index in [1.54, 1.807) is 0 Å². The van der Waals surface area contributed by atoms with Gasteiger partial charge in [0.25, 0.3) is 0 Å². The van der Waals surface area contributed by atoms with Gasteiger partial charge in [0.2, 0.25) is 0 Å². The van der Waals surface area contributed by atoms with Crippen LogP contribution in [0, 0.1) is 19.3 Å². The van der Waals surface area contributed by atoms with Gasteiger partial charge in [0.1, 0.15) is 11.9 Å². The molecule has 2 nitrogen and oxygen atoms in total. The van der Waals surface area contributed by atoms with E-state index < -0.39 is 0 Å². The lowest BCUT2D eigenvalue weighted by Crippen LogP contribution is -2.62. The fourth-order valence-corrected chi connectivity index (χ4v) is 2.68. The zero-order valence-corrected chi connectivity index (χ0v) is 12.2. The maximum Gasteiger partial charge on any atom is 0.122 e. The predicted molar refractivity (Wildman–Crippen MR) is 76.2 cm³/mol. The van der Waals surface area contributed by atoms with Crippen molar-refractivity contribution in [1.82, 2.24) is 5.32 Å². The van der Waals surface area contributed by atoms with Gasteiger partial charge < -0.3 is 10.1 Å². The minimum Gasteiger partial charge on any atom is -0.489 e. The molecule has 0 aromatic heterocycles. The second-order valence-electron chi connectivity index (χ2n) is 5.97. The van der Waals surface area contributed by atoms with Crippen molar-refractivity contribution < 1.29 is 4.74 Å². The van der Waals surface area contributed by atoms with Crippen molar-refractivity contribution in [3.63, 3.8) is 0 Å². The number of aryl methyl sites for hydroxylation is 1. The second-order valence-corrected chi connectivity index (χ2v) is 5.97. The van der Waals surface area contributed by atoms with Crippen molar-refractivity contribution in [2.75, 3.05) is 6.54 Å². The maximum absolute atomic E-state index is 6.21. The van der Waals surface area contributed by atoms with E-state index in [0.717, 1.165) is 18.7 Å². The molecule has 1 saturated carbocycles. The smallest absolute Gasteiger partial charge is 0.122 e. The number of rotatable bonds is 4. The summed E-state index contributed by atoms with van der Waals surface area (Å²) in [7, 11) is 0. The van der Waals surface area contributed by atoms with Crippen LogP contribution in [0.1, 0.15) is 38.3 Å². The van der Waals surface area contributed by atoms with E-state index in [4.69, 9.17) is 4.74 Å². The third kappa shape index (κ3) is 2.26. The summed E-state index contributed by atoms with van der Waals surface area (Å²) in [6, 6.07) is 6.87. The molecule has 2 unspecified atom stereocenters. The van der Waals surface area contributed by atoms with Crippen LogP contribution in [-0.2, 0) is 0 Å². The summed E-state index contributed by atoms with van der Waals surface area (Å²) in [6.07, 6.45) is 1.43. The van der Waals surface area contributed by atoms with E-state index in [-0.39, 0.29) is 5.41 Å². The molecule has 0 radical (unpaired) electrons. The van der Waals surface area contributed by atoms with E-state index in [1.165, 1.54) is 11.1 Å². The van der Waals surface area contributed by atoms with Crippen molar-refractivity contribution in [3.05, 3.63) is 29.3 Å². The van der Waals surface area contributed by atoms with Crippen LogP contribution < -0.4 is 10.1 Å². The van der Waals surface area contributed by atoms with Crippen LogP contribution in [0.3, 0.4) is 0 Å². The first-order valence-corrected chi connectivity index (χ1v) is 6.93. The van der Waals surface area contributed by atoms with Crippen molar-refractivity contribution in [3.8, 4) is 5.75 Å². The standard InChI is InChI=1S/C16H25NO/c1-6-17-14-10-15(16(14,4)5)18-13-9-7-8-11(2)12(13)3/h7-9,14-15,17H,6,10H2,1-5H3. The third-order valence-corrected chi connectivity index (χ3v) is 4.45. The number of hydrogen-bond acceptors (Lipinski definition) is 2. The van der Waals surface area contributed by atoms with Crippen LogP contribution in [0.2, 0.25) is 0 Å². The van der Waals surface area contributed by atoms with E-state index >= 15 is 0 Å². The first-order valence-electron chi connectivity index (χ1n) is 6.93. The second kappa shape index (κ2) is 4.93. The van der Waals surface area contributed by atoms with Gasteiger partial charge in [-0.05, 0) is 37.6 Å². The molecule has 2 rings (SSSR count). The maximum atomic E-state index is 6.21. The quantitative estimate of drug-likeness (QED) is 0.879. The molecular weight excluding hydrogens is 222 g/mol. The number of benzene rings is 1. The first-order chi connectivity index (χ1) is 8.46. The van der Waals surface area contributed by atoms with Gasteiger partial charge in [-0.15, -0.1) is 0 Å². The summed E-state index contributed by atoms with van der Waals surface area (Å²) in [5, 5.41) is 3.53. The Morgan fingerprint density at radius 3 is 2.67 bits per heavy atom. The molecule has 1 fully saturated rings. The van der Waals surface area contributed by atoms with Crippen LogP contribution >= 0.6 is 0 Å². The molecule has 1 aromatic rings. The van der Waals surface area contributed by atoms with E-state index in [9.17, 15) is 0 Å². The first kappa shape index (κ1) is 13.4. The Hall–Kier alpha value is -1.02. The summed E-state index contributed by atoms with van der Waals surface area (Å²) in [6.45, 7) is 12.0. The lowest BCUT2D eigenvalue weighted by atomic mass is 9.64. The van der Waals surface area contributed by atoms with Gasteiger partial charge in [-0.2, -0.15) is 0 Å². The van der Waals surface area contributed by atoms with Gasteiger partial charge in [-0.25, -0.2) is 0 Å². The van der Waals surface area contributed by atoms with E-state index in [1.807, 2.05) is 0 Å². The molecule has 1 aliphatic carbocycles. The van der Waals surface area contributed by atoms with E-state index in [2.05, 4.69) is 58.1 Å². The minimum atomic E-state index is 0.214. The third-order valence-electron chi connectivity index (χ3n) is 4.45. The van der Waals surface area contributed by atoms with Crippen molar-refractivity contribution >= 4 is 0 Å². The highest BCUT2D eigenvalue weighted by Gasteiger charge is 2.49. The lowest BCUT2D eigenvalue weighted by molar-refractivity contribution is -0.0544. The minimum absolute atomic E-state index is 0.214. The Morgan fingerprint density at radius 1 is 1.33 bits per heavy atom. The molecule has 1 aromatic carbocycles. The zero-order chi connectivity index (χ0) is 13.3. The van der Waals surface area contributed by atoms with Crippen LogP contribution in [0.4, 0.5) is 0 Å². The van der Waals surface area contributed by atoms with Crippen LogP contribution in [0.25, 0.3) is 0 Å². The summed E-state index contributed by atoms with van der Waals surface area (Å²) in [5.41, 5.74) is 2.78. The average Bonchev–Trinajstić information content (AvgIpc) is 2.33. The molecule has 0 spiro atoms. The van der Waals surface area contributed by atoms with Gasteiger partial charge in [0.15, 0.2) is 0 Å². The highest BCUT2D eigenvalue weighted by Crippen LogP contribution is 2.43. The predicted octanol–water partition coefficient (Wildman–Crippen LogP) is 3.46. The van der Waals surface area contributed by atoms with Crippen molar-refractivity contribution in [2.24, 2.45) is 5.41 Å². The SMILES string of the molecule is CCNC1CC(Oc2cccc(C)c2C)C1(C)C. The zero-order valence-electron chi connectivity index (χ0n) is 12.2. The fourth-order valence-electron chi connectivity index (χ4n) is 2.68. The highest BCUT2D eigenvalue weighted by atomic mass is 16.5. The Labute approximate surface area is 111 Å². The molecule has 100 valence electrons. The molecule has 0 saturated heterocycles. The molecule has 2 atom stereocenters. The summed E-state index contributed by atoms with van der Waals surface area (Å²) < 4.78 is 6.21. The van der Waals surface area contributed by atoms with Gasteiger partial charge in [-0.1, -0.05) is 32.9 Å². The van der Waals surface area contributed by atoms with Gasteiger partial charge in [0, 0.05) is 17.9 Å². The molecule has 2 heteroatoms.